The molecule has 2 fully saturated rings. The lowest BCUT2D eigenvalue weighted by atomic mass is 9.84. The first kappa shape index (κ1) is 32.8. The highest BCUT2D eigenvalue weighted by atomic mass is 35.5. The summed E-state index contributed by atoms with van der Waals surface area (Å²) in [6.07, 6.45) is -1.73. The molecule has 2 aromatic rings. The molecular formula is C23H27ClN8O10S2. The van der Waals surface area contributed by atoms with E-state index in [1.165, 1.54) is 13.8 Å². The highest BCUT2D eigenvalue weighted by molar-refractivity contribution is 7.80. The van der Waals surface area contributed by atoms with Crippen molar-refractivity contribution in [3.8, 4) is 5.75 Å². The third-order valence-electron chi connectivity index (χ3n) is 6.34. The number of nitrogens with one attached hydrogen (secondary N) is 2. The van der Waals surface area contributed by atoms with Gasteiger partial charge in [-0.15, -0.1) is 4.28 Å². The number of nitrogens with zero attached hydrogens (tertiary/aromatic N) is 4. The molecule has 21 heteroatoms. The largest absolute Gasteiger partial charge is 0.489 e. The van der Waals surface area contributed by atoms with Crippen LogP contribution in [0.2, 0.25) is 4.34 Å². The second-order valence-electron chi connectivity index (χ2n) is 9.90. The number of benzene rings is 1. The van der Waals surface area contributed by atoms with E-state index in [4.69, 9.17) is 37.2 Å². The monoisotopic (exact) mass is 674 g/mol. The number of aromatic nitrogens is 1. The number of carbonyl (C=O) groups is 3. The number of carboxylic acid groups (broad SMARTS) is 1. The van der Waals surface area contributed by atoms with Gasteiger partial charge < -0.3 is 36.8 Å². The van der Waals surface area contributed by atoms with Crippen molar-refractivity contribution in [2.24, 2.45) is 15.9 Å². The number of amides is 2. The maximum atomic E-state index is 13.2. The molecule has 2 aliphatic rings. The second-order valence-corrected chi connectivity index (χ2v) is 12.5. The molecule has 2 amide bonds. The van der Waals surface area contributed by atoms with Crippen molar-refractivity contribution in [3.63, 3.8) is 0 Å². The fraction of sp³-hybridized carbons (Fsp3) is 0.391. The summed E-state index contributed by atoms with van der Waals surface area (Å²) in [6, 6.07) is 5.15. The number of carbonyl (C=O) groups excluding carboxylic acids is 2. The van der Waals surface area contributed by atoms with E-state index in [-0.39, 0.29) is 27.0 Å². The molecule has 0 aliphatic carbocycles. The number of hydroxylamine groups is 2. The highest BCUT2D eigenvalue weighted by Gasteiger charge is 2.58. The number of aliphatic imine (C=N–C) groups is 1. The Kier molecular flexibility index (Phi) is 9.61. The van der Waals surface area contributed by atoms with Crippen LogP contribution in [0.1, 0.15) is 25.1 Å². The molecule has 2 aliphatic heterocycles. The normalized spacial score (nSPS) is 19.5. The average Bonchev–Trinajstić information content (AvgIpc) is 3.26. The summed E-state index contributed by atoms with van der Waals surface area (Å²) in [4.78, 5) is 51.1. The summed E-state index contributed by atoms with van der Waals surface area (Å²) < 4.78 is 40.8. The van der Waals surface area contributed by atoms with Crippen LogP contribution in [0.4, 0.5) is 5.13 Å². The SMILES string of the molecule is CC1(C)[C@H](NC(=O)/C(=N\OC(COc2ccc(C(N)=NC3CNC3)cc2)C(=O)O)c2nc(N)sc2Cl)C(=O)N1OS(=O)(=O)O. The van der Waals surface area contributed by atoms with Gasteiger partial charge in [-0.25, -0.2) is 9.78 Å². The Morgan fingerprint density at radius 2 is 1.98 bits per heavy atom. The number of β-lactam (4-membered cyclic amide) rings is 1. The number of anilines is 1. The number of thiazole rings is 1. The Labute approximate surface area is 258 Å². The Hall–Kier alpha value is -4.08. The van der Waals surface area contributed by atoms with Gasteiger partial charge in [0.2, 0.25) is 0 Å². The molecule has 2 saturated heterocycles. The molecule has 0 bridgehead atoms. The average molecular weight is 675 g/mol. The van der Waals surface area contributed by atoms with E-state index < -0.39 is 58.2 Å². The van der Waals surface area contributed by atoms with Gasteiger partial charge in [0, 0.05) is 18.7 Å². The lowest BCUT2D eigenvalue weighted by Gasteiger charge is -2.50. The van der Waals surface area contributed by atoms with Gasteiger partial charge in [0.25, 0.3) is 17.9 Å². The number of amidine groups is 1. The Morgan fingerprint density at radius 1 is 1.32 bits per heavy atom. The van der Waals surface area contributed by atoms with Crippen LogP contribution in [0, 0.1) is 0 Å². The van der Waals surface area contributed by atoms with Gasteiger partial charge in [0.1, 0.15) is 34.3 Å². The van der Waals surface area contributed by atoms with Crippen LogP contribution < -0.4 is 26.8 Å². The zero-order chi connectivity index (χ0) is 32.4. The van der Waals surface area contributed by atoms with E-state index in [0.29, 0.717) is 16.5 Å². The molecule has 4 rings (SSSR count). The number of hydrogen-bond acceptors (Lipinski definition) is 14. The lowest BCUT2D eigenvalue weighted by molar-refractivity contribution is -0.218. The van der Waals surface area contributed by atoms with Crippen LogP contribution in [-0.4, -0.2) is 101 Å². The molecule has 0 saturated carbocycles. The van der Waals surface area contributed by atoms with Gasteiger partial charge in [-0.05, 0) is 38.1 Å². The van der Waals surface area contributed by atoms with Gasteiger partial charge in [0.15, 0.2) is 10.8 Å². The quantitative estimate of drug-likeness (QED) is 0.0497. The van der Waals surface area contributed by atoms with Crippen molar-refractivity contribution in [1.29, 1.82) is 0 Å². The first-order valence-corrected chi connectivity index (χ1v) is 15.1. The molecule has 44 heavy (non-hydrogen) atoms. The molecule has 8 N–H and O–H groups in total. The van der Waals surface area contributed by atoms with Crippen LogP contribution in [0.5, 0.6) is 5.75 Å². The number of oxime groups is 1. The van der Waals surface area contributed by atoms with Crippen LogP contribution in [0.15, 0.2) is 34.4 Å². The zero-order valence-electron chi connectivity index (χ0n) is 23.0. The number of nitrogens with two attached hydrogens (primary N) is 2. The van der Waals surface area contributed by atoms with E-state index in [1.807, 2.05) is 0 Å². The van der Waals surface area contributed by atoms with Crippen molar-refractivity contribution >= 4 is 67.8 Å². The smallest absolute Gasteiger partial charge is 0.418 e. The van der Waals surface area contributed by atoms with Crippen molar-refractivity contribution < 1.29 is 46.3 Å². The van der Waals surface area contributed by atoms with E-state index in [2.05, 4.69) is 30.0 Å². The fourth-order valence-electron chi connectivity index (χ4n) is 3.87. The topological polar surface area (TPSA) is 270 Å². The highest BCUT2D eigenvalue weighted by Crippen LogP contribution is 2.33. The van der Waals surface area contributed by atoms with Gasteiger partial charge in [-0.1, -0.05) is 28.1 Å². The molecule has 2 atom stereocenters. The maximum absolute atomic E-state index is 13.2. The van der Waals surface area contributed by atoms with Crippen molar-refractivity contribution in [3.05, 3.63) is 39.9 Å². The number of hydrogen-bond donors (Lipinski definition) is 6. The molecule has 0 radical (unpaired) electrons. The summed E-state index contributed by atoms with van der Waals surface area (Å²) in [5, 5.41) is 19.0. The first-order chi connectivity index (χ1) is 20.6. The first-order valence-electron chi connectivity index (χ1n) is 12.5. The summed E-state index contributed by atoms with van der Waals surface area (Å²) in [7, 11) is -5.04. The van der Waals surface area contributed by atoms with E-state index >= 15 is 0 Å². The van der Waals surface area contributed by atoms with Crippen molar-refractivity contribution in [2.45, 2.75) is 37.6 Å². The molecular weight excluding hydrogens is 648 g/mol. The zero-order valence-corrected chi connectivity index (χ0v) is 25.4. The molecule has 1 unspecified atom stereocenters. The van der Waals surface area contributed by atoms with Crippen LogP contribution in [-0.2, 0) is 33.9 Å². The third kappa shape index (κ3) is 7.52. The van der Waals surface area contributed by atoms with E-state index in [1.54, 1.807) is 24.3 Å². The summed E-state index contributed by atoms with van der Waals surface area (Å²) in [5.41, 5.74) is 9.97. The van der Waals surface area contributed by atoms with Crippen molar-refractivity contribution in [1.82, 2.24) is 20.7 Å². The van der Waals surface area contributed by atoms with Crippen LogP contribution >= 0.6 is 22.9 Å². The number of halogens is 1. The third-order valence-corrected chi connectivity index (χ3v) is 7.76. The van der Waals surface area contributed by atoms with E-state index in [0.717, 1.165) is 24.4 Å². The summed E-state index contributed by atoms with van der Waals surface area (Å²) in [5.74, 6) is -3.00. The molecule has 238 valence electrons. The minimum atomic E-state index is -5.04. The fourth-order valence-corrected chi connectivity index (χ4v) is 5.25. The number of nitrogen functional groups attached to an aromatic ring is 1. The maximum Gasteiger partial charge on any atom is 0.418 e. The minimum absolute atomic E-state index is 0.0603. The summed E-state index contributed by atoms with van der Waals surface area (Å²) >= 11 is 6.93. The molecule has 18 nitrogen and oxygen atoms in total. The Balaban J connectivity index is 1.47. The minimum Gasteiger partial charge on any atom is -0.489 e. The predicted octanol–water partition coefficient (Wildman–Crippen LogP) is -0.851. The number of aliphatic carboxylic acids is 1. The molecule has 1 aromatic heterocycles. The van der Waals surface area contributed by atoms with Crippen molar-refractivity contribution in [2.75, 3.05) is 25.4 Å². The molecule has 3 heterocycles. The van der Waals surface area contributed by atoms with Gasteiger partial charge >= 0.3 is 16.4 Å². The number of ether oxygens (including phenoxy) is 1. The number of carboxylic acids is 1. The van der Waals surface area contributed by atoms with Gasteiger partial charge in [-0.2, -0.15) is 13.5 Å². The standard InChI is InChI=1S/C23H27ClN8O10S2/c1-23(2)16(20(34)32(23)42-44(37,38)39)30-19(33)15(14-17(24)43-22(26)29-14)31-41-13(21(35)36)9-40-12-5-3-10(4-6-12)18(25)28-11-7-27-8-11/h3-6,11,13,16,27H,7-9H2,1-2H3,(H2,25,28)(H2,26,29)(H,30,33)(H,35,36)(H,37,38,39)/b31-15-/t13?,16-/m1/s1. The lowest BCUT2D eigenvalue weighted by Crippen LogP contribution is -2.76. The summed E-state index contributed by atoms with van der Waals surface area (Å²) in [6.45, 7) is 3.61. The van der Waals surface area contributed by atoms with Gasteiger partial charge in [0.05, 0.1) is 11.6 Å². The predicted molar refractivity (Wildman–Crippen MR) is 155 cm³/mol. The second kappa shape index (κ2) is 12.9. The van der Waals surface area contributed by atoms with E-state index in [9.17, 15) is 27.9 Å². The Morgan fingerprint density at radius 3 is 2.48 bits per heavy atom. The van der Waals surface area contributed by atoms with Crippen LogP contribution in [0.3, 0.4) is 0 Å². The molecule has 0 spiro atoms. The molecule has 1 aromatic carbocycles. The van der Waals surface area contributed by atoms with Gasteiger partial charge in [-0.3, -0.25) is 19.1 Å². The van der Waals surface area contributed by atoms with Crippen LogP contribution in [0.25, 0.3) is 0 Å². The number of rotatable bonds is 13. The Bertz CT molecular complexity index is 1610.